The first-order valence-corrected chi connectivity index (χ1v) is 5.26. The number of nitrogens with two attached hydrogens (primary N) is 1. The van der Waals surface area contributed by atoms with Crippen molar-refractivity contribution in [3.63, 3.8) is 0 Å². The Labute approximate surface area is 100 Å². The van der Waals surface area contributed by atoms with Gasteiger partial charge in [-0.05, 0) is 29.8 Å². The third-order valence-corrected chi connectivity index (χ3v) is 2.38. The number of para-hydroxylation sites is 1. The highest BCUT2D eigenvalue weighted by Crippen LogP contribution is 2.18. The van der Waals surface area contributed by atoms with Gasteiger partial charge in [-0.25, -0.2) is 0 Å². The quantitative estimate of drug-likeness (QED) is 0.815. The van der Waals surface area contributed by atoms with Gasteiger partial charge in [-0.1, -0.05) is 24.3 Å². The van der Waals surface area contributed by atoms with Crippen molar-refractivity contribution in [3.8, 4) is 11.8 Å². The van der Waals surface area contributed by atoms with E-state index in [0.29, 0.717) is 17.9 Å². The van der Waals surface area contributed by atoms with Crippen molar-refractivity contribution in [2.75, 3.05) is 5.73 Å². The molecule has 0 fully saturated rings. The molecule has 0 aliphatic rings. The Hall–Kier alpha value is -2.47. The summed E-state index contributed by atoms with van der Waals surface area (Å²) in [6.07, 6.45) is 0. The van der Waals surface area contributed by atoms with Gasteiger partial charge in [-0.3, -0.25) is 0 Å². The maximum absolute atomic E-state index is 8.91. The minimum atomic E-state index is 0.430. The first-order valence-electron chi connectivity index (χ1n) is 5.26. The summed E-state index contributed by atoms with van der Waals surface area (Å²) in [6, 6.07) is 16.7. The third kappa shape index (κ3) is 2.76. The van der Waals surface area contributed by atoms with E-state index in [9.17, 15) is 0 Å². The number of nitriles is 1. The Bertz CT molecular complexity index is 541. The summed E-state index contributed by atoms with van der Waals surface area (Å²) in [5.41, 5.74) is 7.89. The van der Waals surface area contributed by atoms with E-state index in [1.807, 2.05) is 36.4 Å². The van der Waals surface area contributed by atoms with Gasteiger partial charge in [0.1, 0.15) is 18.4 Å². The smallest absolute Gasteiger partial charge is 0.137 e. The van der Waals surface area contributed by atoms with E-state index in [4.69, 9.17) is 15.7 Å². The van der Waals surface area contributed by atoms with Crippen LogP contribution in [0.5, 0.6) is 5.75 Å². The van der Waals surface area contributed by atoms with E-state index in [1.54, 1.807) is 12.1 Å². The summed E-state index contributed by atoms with van der Waals surface area (Å²) >= 11 is 0. The van der Waals surface area contributed by atoms with Crippen molar-refractivity contribution in [1.82, 2.24) is 0 Å². The monoisotopic (exact) mass is 224 g/mol. The van der Waals surface area contributed by atoms with Gasteiger partial charge in [0.15, 0.2) is 0 Å². The number of nitrogen functional groups attached to an aromatic ring is 1. The van der Waals surface area contributed by atoms with Crippen molar-refractivity contribution in [1.29, 1.82) is 5.26 Å². The van der Waals surface area contributed by atoms with Crippen LogP contribution < -0.4 is 10.5 Å². The summed E-state index contributed by atoms with van der Waals surface area (Å²) in [6.45, 7) is 0.430. The fourth-order valence-corrected chi connectivity index (χ4v) is 1.46. The molecule has 0 aliphatic carbocycles. The topological polar surface area (TPSA) is 59.0 Å². The molecule has 0 bridgehead atoms. The van der Waals surface area contributed by atoms with Crippen LogP contribution in [-0.4, -0.2) is 0 Å². The van der Waals surface area contributed by atoms with Crippen LogP contribution in [0.2, 0.25) is 0 Å². The molecule has 0 amide bonds. The van der Waals surface area contributed by atoms with E-state index >= 15 is 0 Å². The average molecular weight is 224 g/mol. The first kappa shape index (κ1) is 11.0. The maximum atomic E-state index is 8.91. The van der Waals surface area contributed by atoms with E-state index < -0.39 is 0 Å². The molecular formula is C14H12N2O. The lowest BCUT2D eigenvalue weighted by molar-refractivity contribution is 0.305. The van der Waals surface area contributed by atoms with Crippen LogP contribution in [0, 0.1) is 11.3 Å². The van der Waals surface area contributed by atoms with E-state index in [0.717, 1.165) is 11.3 Å². The minimum Gasteiger partial charge on any atom is -0.488 e. The van der Waals surface area contributed by atoms with Gasteiger partial charge in [0, 0.05) is 5.69 Å². The second-order valence-corrected chi connectivity index (χ2v) is 3.64. The van der Waals surface area contributed by atoms with E-state index in [-0.39, 0.29) is 0 Å². The van der Waals surface area contributed by atoms with Crippen molar-refractivity contribution in [2.45, 2.75) is 6.61 Å². The Morgan fingerprint density at radius 3 is 2.47 bits per heavy atom. The molecule has 0 unspecified atom stereocenters. The van der Waals surface area contributed by atoms with Gasteiger partial charge < -0.3 is 10.5 Å². The van der Waals surface area contributed by atoms with Gasteiger partial charge in [0.2, 0.25) is 0 Å². The summed E-state index contributed by atoms with van der Waals surface area (Å²) in [7, 11) is 0. The average Bonchev–Trinajstić information content (AvgIpc) is 2.38. The van der Waals surface area contributed by atoms with Crippen molar-refractivity contribution >= 4 is 5.69 Å². The first-order chi connectivity index (χ1) is 8.29. The number of benzene rings is 2. The van der Waals surface area contributed by atoms with Gasteiger partial charge in [-0.2, -0.15) is 5.26 Å². The molecule has 84 valence electrons. The molecule has 0 atom stereocenters. The van der Waals surface area contributed by atoms with Crippen molar-refractivity contribution in [2.24, 2.45) is 0 Å². The molecule has 0 saturated heterocycles. The lowest BCUT2D eigenvalue weighted by atomic mass is 10.2. The van der Waals surface area contributed by atoms with Crippen LogP contribution >= 0.6 is 0 Å². The molecule has 17 heavy (non-hydrogen) atoms. The summed E-state index contributed by atoms with van der Waals surface area (Å²) < 4.78 is 5.59. The Morgan fingerprint density at radius 2 is 1.76 bits per heavy atom. The zero-order valence-corrected chi connectivity index (χ0v) is 9.26. The Morgan fingerprint density at radius 1 is 1.06 bits per heavy atom. The molecule has 3 heteroatoms. The summed E-state index contributed by atoms with van der Waals surface area (Å²) in [5.74, 6) is 0.604. The molecule has 0 saturated carbocycles. The zero-order valence-electron chi connectivity index (χ0n) is 9.26. The van der Waals surface area contributed by atoms with Gasteiger partial charge in [0.05, 0.1) is 5.56 Å². The molecule has 2 N–H and O–H groups in total. The van der Waals surface area contributed by atoms with Gasteiger partial charge >= 0.3 is 0 Å². The van der Waals surface area contributed by atoms with Crippen LogP contribution in [0.25, 0.3) is 0 Å². The highest BCUT2D eigenvalue weighted by atomic mass is 16.5. The molecule has 0 spiro atoms. The summed E-state index contributed by atoms with van der Waals surface area (Å²) in [5, 5.41) is 8.91. The number of rotatable bonds is 3. The highest BCUT2D eigenvalue weighted by Gasteiger charge is 2.01. The molecule has 2 aromatic carbocycles. The van der Waals surface area contributed by atoms with E-state index in [1.165, 1.54) is 0 Å². The van der Waals surface area contributed by atoms with Crippen molar-refractivity contribution < 1.29 is 4.74 Å². The zero-order chi connectivity index (χ0) is 12.1. The molecule has 0 radical (unpaired) electrons. The number of nitrogens with zero attached hydrogens (tertiary/aromatic N) is 1. The van der Waals surface area contributed by atoms with Crippen LogP contribution in [0.4, 0.5) is 5.69 Å². The molecule has 0 aromatic heterocycles. The molecule has 0 aliphatic heterocycles. The minimum absolute atomic E-state index is 0.430. The van der Waals surface area contributed by atoms with Crippen LogP contribution in [0.15, 0.2) is 48.5 Å². The third-order valence-electron chi connectivity index (χ3n) is 2.38. The fourth-order valence-electron chi connectivity index (χ4n) is 1.46. The molecule has 0 heterocycles. The lowest BCUT2D eigenvalue weighted by Crippen LogP contribution is -1.97. The Balaban J connectivity index is 2.08. The molecular weight excluding hydrogens is 212 g/mol. The highest BCUT2D eigenvalue weighted by molar-refractivity contribution is 5.43. The number of hydrogen-bond acceptors (Lipinski definition) is 3. The normalized spacial score (nSPS) is 9.59. The summed E-state index contributed by atoms with van der Waals surface area (Å²) in [4.78, 5) is 0. The van der Waals surface area contributed by atoms with E-state index in [2.05, 4.69) is 6.07 Å². The van der Waals surface area contributed by atoms with Crippen molar-refractivity contribution in [3.05, 3.63) is 59.7 Å². The SMILES string of the molecule is N#Cc1ccccc1OCc1ccc(N)cc1. The second-order valence-electron chi connectivity index (χ2n) is 3.64. The standard InChI is InChI=1S/C14H12N2O/c15-9-12-3-1-2-4-14(12)17-10-11-5-7-13(16)8-6-11/h1-8H,10,16H2. The lowest BCUT2D eigenvalue weighted by Gasteiger charge is -2.07. The fraction of sp³-hybridized carbons (Fsp3) is 0.0714. The van der Waals surface area contributed by atoms with Crippen LogP contribution in [-0.2, 0) is 6.61 Å². The number of ether oxygens (including phenoxy) is 1. The van der Waals surface area contributed by atoms with Gasteiger partial charge in [0.25, 0.3) is 0 Å². The molecule has 2 aromatic rings. The number of anilines is 1. The van der Waals surface area contributed by atoms with Gasteiger partial charge in [-0.15, -0.1) is 0 Å². The predicted molar refractivity (Wildman–Crippen MR) is 66.3 cm³/mol. The van der Waals surface area contributed by atoms with Crippen LogP contribution in [0.3, 0.4) is 0 Å². The molecule has 2 rings (SSSR count). The largest absolute Gasteiger partial charge is 0.488 e. The Kier molecular flexibility index (Phi) is 3.27. The number of hydrogen-bond donors (Lipinski definition) is 1. The second kappa shape index (κ2) is 5.04. The predicted octanol–water partition coefficient (Wildman–Crippen LogP) is 2.72. The van der Waals surface area contributed by atoms with Crippen LogP contribution in [0.1, 0.15) is 11.1 Å². The molecule has 3 nitrogen and oxygen atoms in total. The maximum Gasteiger partial charge on any atom is 0.137 e.